The number of carbonyl (C=O) groups is 1. The second-order valence-electron chi connectivity index (χ2n) is 5.61. The number of nitrogens with one attached hydrogen (secondary N) is 2. The standard InChI is InChI=1S/C19H18N2O2/c1-13(14-7-3-2-4-8-14)12-20-19(23)16-11-18(22)21-17-10-6-5-9-15(16)17/h2-11,13H,12H2,1H3,(H,20,23)(H,21,22)/t13-/m0/s1. The van der Waals surface area contributed by atoms with Crippen LogP contribution in [0, 0.1) is 0 Å². The van der Waals surface area contributed by atoms with E-state index in [2.05, 4.69) is 17.2 Å². The number of H-pyrrole nitrogens is 1. The van der Waals surface area contributed by atoms with Gasteiger partial charge in [0.15, 0.2) is 0 Å². The monoisotopic (exact) mass is 306 g/mol. The van der Waals surface area contributed by atoms with Gasteiger partial charge in [0.1, 0.15) is 0 Å². The maximum absolute atomic E-state index is 12.5. The third-order valence-corrected chi connectivity index (χ3v) is 3.93. The van der Waals surface area contributed by atoms with E-state index in [0.29, 0.717) is 17.6 Å². The first-order valence-corrected chi connectivity index (χ1v) is 7.60. The lowest BCUT2D eigenvalue weighted by molar-refractivity contribution is 0.0953. The van der Waals surface area contributed by atoms with E-state index < -0.39 is 0 Å². The fourth-order valence-electron chi connectivity index (χ4n) is 2.63. The molecule has 1 amide bonds. The van der Waals surface area contributed by atoms with E-state index >= 15 is 0 Å². The highest BCUT2D eigenvalue weighted by atomic mass is 16.2. The Hall–Kier alpha value is -2.88. The molecule has 1 aromatic heterocycles. The number of rotatable bonds is 4. The van der Waals surface area contributed by atoms with E-state index in [1.165, 1.54) is 11.6 Å². The van der Waals surface area contributed by atoms with Crippen LogP contribution in [-0.4, -0.2) is 17.4 Å². The van der Waals surface area contributed by atoms with Gasteiger partial charge in [-0.25, -0.2) is 0 Å². The molecule has 0 bridgehead atoms. The summed E-state index contributed by atoms with van der Waals surface area (Å²) >= 11 is 0. The Morgan fingerprint density at radius 1 is 1.09 bits per heavy atom. The normalized spacial score (nSPS) is 12.0. The molecule has 1 atom stereocenters. The van der Waals surface area contributed by atoms with Crippen molar-refractivity contribution < 1.29 is 4.79 Å². The van der Waals surface area contributed by atoms with Crippen molar-refractivity contribution in [3.05, 3.63) is 82.1 Å². The molecule has 0 unspecified atom stereocenters. The van der Waals surface area contributed by atoms with Gasteiger partial charge < -0.3 is 10.3 Å². The summed E-state index contributed by atoms with van der Waals surface area (Å²) in [5, 5.41) is 3.67. The molecule has 0 saturated carbocycles. The molecular formula is C19H18N2O2. The van der Waals surface area contributed by atoms with Crippen molar-refractivity contribution >= 4 is 16.8 Å². The Morgan fingerprint density at radius 3 is 2.57 bits per heavy atom. The molecule has 0 aliphatic rings. The van der Waals surface area contributed by atoms with Crippen LogP contribution in [0.4, 0.5) is 0 Å². The summed E-state index contributed by atoms with van der Waals surface area (Å²) in [7, 11) is 0. The molecule has 3 rings (SSSR count). The molecule has 0 aliphatic heterocycles. The summed E-state index contributed by atoms with van der Waals surface area (Å²) in [6.07, 6.45) is 0. The van der Waals surface area contributed by atoms with Crippen LogP contribution >= 0.6 is 0 Å². The lowest BCUT2D eigenvalue weighted by Crippen LogP contribution is -2.28. The fourth-order valence-corrected chi connectivity index (χ4v) is 2.63. The van der Waals surface area contributed by atoms with Gasteiger partial charge in [-0.05, 0) is 17.5 Å². The molecule has 3 aromatic rings. The van der Waals surface area contributed by atoms with Crippen LogP contribution in [0.2, 0.25) is 0 Å². The van der Waals surface area contributed by atoms with Crippen LogP contribution in [0.25, 0.3) is 10.9 Å². The van der Waals surface area contributed by atoms with Crippen molar-refractivity contribution in [2.24, 2.45) is 0 Å². The highest BCUT2D eigenvalue weighted by Crippen LogP contribution is 2.16. The zero-order chi connectivity index (χ0) is 16.2. The number of amides is 1. The Morgan fingerprint density at radius 2 is 1.78 bits per heavy atom. The molecular weight excluding hydrogens is 288 g/mol. The first-order valence-electron chi connectivity index (χ1n) is 7.60. The molecule has 0 radical (unpaired) electrons. The summed E-state index contributed by atoms with van der Waals surface area (Å²) in [4.78, 5) is 27.0. The molecule has 23 heavy (non-hydrogen) atoms. The number of benzene rings is 2. The molecule has 4 nitrogen and oxygen atoms in total. The number of hydrogen-bond donors (Lipinski definition) is 2. The van der Waals surface area contributed by atoms with Gasteiger partial charge in [0, 0.05) is 23.5 Å². The first-order chi connectivity index (χ1) is 11.1. The highest BCUT2D eigenvalue weighted by molar-refractivity contribution is 6.05. The van der Waals surface area contributed by atoms with E-state index in [9.17, 15) is 9.59 Å². The molecule has 0 aliphatic carbocycles. The number of fused-ring (bicyclic) bond motifs is 1. The van der Waals surface area contributed by atoms with Crippen LogP contribution < -0.4 is 10.9 Å². The van der Waals surface area contributed by atoms with Gasteiger partial charge in [0.25, 0.3) is 5.91 Å². The minimum atomic E-state index is -0.273. The number of para-hydroxylation sites is 1. The summed E-state index contributed by atoms with van der Waals surface area (Å²) in [5.74, 6) is -0.0245. The number of aromatic nitrogens is 1. The third kappa shape index (κ3) is 3.31. The zero-order valence-electron chi connectivity index (χ0n) is 12.9. The molecule has 4 heteroatoms. The van der Waals surface area contributed by atoms with E-state index in [-0.39, 0.29) is 17.4 Å². The van der Waals surface area contributed by atoms with Crippen molar-refractivity contribution in [3.63, 3.8) is 0 Å². The highest BCUT2D eigenvalue weighted by Gasteiger charge is 2.13. The molecule has 116 valence electrons. The Balaban J connectivity index is 1.80. The van der Waals surface area contributed by atoms with Gasteiger partial charge in [-0.1, -0.05) is 55.5 Å². The lowest BCUT2D eigenvalue weighted by Gasteiger charge is -2.13. The largest absolute Gasteiger partial charge is 0.351 e. The summed E-state index contributed by atoms with van der Waals surface area (Å²) in [6.45, 7) is 2.58. The fraction of sp³-hybridized carbons (Fsp3) is 0.158. The molecule has 2 N–H and O–H groups in total. The van der Waals surface area contributed by atoms with E-state index in [1.54, 1.807) is 6.07 Å². The molecule has 2 aromatic carbocycles. The van der Waals surface area contributed by atoms with Crippen molar-refractivity contribution in [2.45, 2.75) is 12.8 Å². The number of carbonyl (C=O) groups excluding carboxylic acids is 1. The predicted octanol–water partition coefficient (Wildman–Crippen LogP) is 3.06. The van der Waals surface area contributed by atoms with Crippen LogP contribution in [0.1, 0.15) is 28.8 Å². The van der Waals surface area contributed by atoms with E-state index in [4.69, 9.17) is 0 Å². The van der Waals surface area contributed by atoms with Gasteiger partial charge in [0.2, 0.25) is 5.56 Å². The number of aromatic amines is 1. The average molecular weight is 306 g/mol. The van der Waals surface area contributed by atoms with Crippen molar-refractivity contribution in [3.8, 4) is 0 Å². The molecule has 0 fully saturated rings. The maximum Gasteiger partial charge on any atom is 0.252 e. The smallest absolute Gasteiger partial charge is 0.252 e. The van der Waals surface area contributed by atoms with Crippen molar-refractivity contribution in [1.82, 2.24) is 10.3 Å². The zero-order valence-corrected chi connectivity index (χ0v) is 12.9. The lowest BCUT2D eigenvalue weighted by atomic mass is 10.0. The minimum Gasteiger partial charge on any atom is -0.351 e. The predicted molar refractivity (Wildman–Crippen MR) is 91.8 cm³/mol. The van der Waals surface area contributed by atoms with Crippen molar-refractivity contribution in [1.29, 1.82) is 0 Å². The van der Waals surface area contributed by atoms with Gasteiger partial charge >= 0.3 is 0 Å². The van der Waals surface area contributed by atoms with Crippen LogP contribution in [0.5, 0.6) is 0 Å². The SMILES string of the molecule is C[C@@H](CNC(=O)c1cc(=O)[nH]c2ccccc12)c1ccccc1. The summed E-state index contributed by atoms with van der Waals surface area (Å²) in [6, 6.07) is 18.7. The molecule has 0 spiro atoms. The van der Waals surface area contributed by atoms with Crippen molar-refractivity contribution in [2.75, 3.05) is 6.54 Å². The first kappa shape index (κ1) is 15.0. The van der Waals surface area contributed by atoms with Gasteiger partial charge in [0.05, 0.1) is 5.56 Å². The summed E-state index contributed by atoms with van der Waals surface area (Å²) in [5.41, 5.74) is 1.97. The van der Waals surface area contributed by atoms with Gasteiger partial charge in [-0.3, -0.25) is 9.59 Å². The number of hydrogen-bond acceptors (Lipinski definition) is 2. The Kier molecular flexibility index (Phi) is 4.24. The Labute approximate surface area is 134 Å². The summed E-state index contributed by atoms with van der Waals surface area (Å²) < 4.78 is 0. The third-order valence-electron chi connectivity index (χ3n) is 3.93. The van der Waals surface area contributed by atoms with E-state index in [1.807, 2.05) is 48.5 Å². The number of pyridine rings is 1. The van der Waals surface area contributed by atoms with Crippen LogP contribution in [0.3, 0.4) is 0 Å². The minimum absolute atomic E-state index is 0.202. The molecule has 0 saturated heterocycles. The second kappa shape index (κ2) is 6.48. The second-order valence-corrected chi connectivity index (χ2v) is 5.61. The average Bonchev–Trinajstić information content (AvgIpc) is 2.59. The van der Waals surface area contributed by atoms with Crippen LogP contribution in [-0.2, 0) is 0 Å². The topological polar surface area (TPSA) is 62.0 Å². The van der Waals surface area contributed by atoms with Crippen LogP contribution in [0.15, 0.2) is 65.5 Å². The quantitative estimate of drug-likeness (QED) is 0.778. The van der Waals surface area contributed by atoms with Gasteiger partial charge in [-0.2, -0.15) is 0 Å². The van der Waals surface area contributed by atoms with E-state index in [0.717, 1.165) is 5.39 Å². The van der Waals surface area contributed by atoms with Gasteiger partial charge in [-0.15, -0.1) is 0 Å². The molecule has 1 heterocycles. The Bertz CT molecular complexity index is 885. The maximum atomic E-state index is 12.5.